The van der Waals surface area contributed by atoms with E-state index in [-0.39, 0.29) is 16.5 Å². The van der Waals surface area contributed by atoms with Crippen molar-refractivity contribution in [2.45, 2.75) is 17.9 Å². The maximum Gasteiger partial charge on any atom is 0.261 e. The van der Waals surface area contributed by atoms with Crippen LogP contribution in [0.2, 0.25) is 5.02 Å². The molecule has 0 aliphatic carbocycles. The summed E-state index contributed by atoms with van der Waals surface area (Å²) < 4.78 is 27.7. The monoisotopic (exact) mass is 415 g/mol. The molecule has 0 saturated carbocycles. The molecule has 8 heteroatoms. The van der Waals surface area contributed by atoms with E-state index in [0.29, 0.717) is 16.4 Å². The van der Waals surface area contributed by atoms with Crippen LogP contribution in [0.15, 0.2) is 77.8 Å². The second-order valence-corrected chi connectivity index (χ2v) is 8.21. The van der Waals surface area contributed by atoms with Gasteiger partial charge in [-0.3, -0.25) is 14.5 Å². The second kappa shape index (κ2) is 8.41. The number of amides is 1. The lowest BCUT2D eigenvalue weighted by atomic mass is 10.1. The van der Waals surface area contributed by atoms with Gasteiger partial charge < -0.3 is 5.32 Å². The molecular formula is C20H18ClN3O3S. The van der Waals surface area contributed by atoms with Gasteiger partial charge in [-0.15, -0.1) is 0 Å². The number of hydrogen-bond donors (Lipinski definition) is 2. The fourth-order valence-electron chi connectivity index (χ4n) is 2.56. The first-order valence-electron chi connectivity index (χ1n) is 8.45. The zero-order valence-corrected chi connectivity index (χ0v) is 16.5. The Balaban J connectivity index is 1.78. The number of nitrogens with one attached hydrogen (secondary N) is 2. The first-order chi connectivity index (χ1) is 13.3. The summed E-state index contributed by atoms with van der Waals surface area (Å²) in [4.78, 5) is 16.7. The minimum atomic E-state index is -3.87. The van der Waals surface area contributed by atoms with E-state index >= 15 is 0 Å². The van der Waals surface area contributed by atoms with Gasteiger partial charge in [0.15, 0.2) is 0 Å². The van der Waals surface area contributed by atoms with E-state index in [1.807, 2.05) is 13.0 Å². The SMILES string of the molecule is C[C@H](NC(=O)c1cccc(S(=O)(=O)Nc2cccc(Cl)c2)c1)c1ccccn1. The molecule has 0 spiro atoms. The van der Waals surface area contributed by atoms with Crippen molar-refractivity contribution in [3.63, 3.8) is 0 Å². The standard InChI is InChI=1S/C20H18ClN3O3S/c1-14(19-10-2-3-11-22-19)23-20(25)15-6-4-9-18(12-15)28(26,27)24-17-8-5-7-16(21)13-17/h2-14,24H,1H3,(H,23,25)/t14-/m0/s1. The fraction of sp³-hybridized carbons (Fsp3) is 0.100. The summed E-state index contributed by atoms with van der Waals surface area (Å²) in [6.07, 6.45) is 1.65. The molecule has 1 amide bonds. The summed E-state index contributed by atoms with van der Waals surface area (Å²) in [6, 6.07) is 17.3. The van der Waals surface area contributed by atoms with Crippen LogP contribution in [-0.2, 0) is 10.0 Å². The van der Waals surface area contributed by atoms with E-state index in [0.717, 1.165) is 0 Å². The molecule has 0 unspecified atom stereocenters. The Morgan fingerprint density at radius 1 is 1.04 bits per heavy atom. The highest BCUT2D eigenvalue weighted by molar-refractivity contribution is 7.92. The molecular weight excluding hydrogens is 398 g/mol. The summed E-state index contributed by atoms with van der Waals surface area (Å²) in [5.41, 5.74) is 1.28. The average molecular weight is 416 g/mol. The predicted octanol–water partition coefficient (Wildman–Crippen LogP) is 4.03. The van der Waals surface area contributed by atoms with Crippen molar-refractivity contribution in [1.82, 2.24) is 10.3 Å². The van der Waals surface area contributed by atoms with Crippen molar-refractivity contribution in [2.75, 3.05) is 4.72 Å². The molecule has 0 bridgehead atoms. The number of rotatable bonds is 6. The molecule has 1 aromatic heterocycles. The molecule has 1 heterocycles. The highest BCUT2D eigenvalue weighted by Crippen LogP contribution is 2.20. The second-order valence-electron chi connectivity index (χ2n) is 6.09. The van der Waals surface area contributed by atoms with E-state index in [9.17, 15) is 13.2 Å². The molecule has 0 radical (unpaired) electrons. The zero-order valence-electron chi connectivity index (χ0n) is 15.0. The van der Waals surface area contributed by atoms with Crippen molar-refractivity contribution in [3.8, 4) is 0 Å². The third-order valence-electron chi connectivity index (χ3n) is 3.96. The summed E-state index contributed by atoms with van der Waals surface area (Å²) in [5, 5.41) is 3.23. The van der Waals surface area contributed by atoms with Gasteiger partial charge in [0, 0.05) is 16.8 Å². The van der Waals surface area contributed by atoms with Crippen LogP contribution in [0.1, 0.15) is 29.0 Å². The first-order valence-corrected chi connectivity index (χ1v) is 10.3. The normalized spacial score (nSPS) is 12.2. The topological polar surface area (TPSA) is 88.2 Å². The van der Waals surface area contributed by atoms with Crippen molar-refractivity contribution >= 4 is 33.2 Å². The summed E-state index contributed by atoms with van der Waals surface area (Å²) in [7, 11) is -3.87. The Kier molecular flexibility index (Phi) is 5.96. The van der Waals surface area contributed by atoms with Crippen LogP contribution in [0.4, 0.5) is 5.69 Å². The zero-order chi connectivity index (χ0) is 20.1. The van der Waals surface area contributed by atoms with Crippen molar-refractivity contribution in [2.24, 2.45) is 0 Å². The summed E-state index contributed by atoms with van der Waals surface area (Å²) in [6.45, 7) is 1.81. The van der Waals surface area contributed by atoms with E-state index < -0.39 is 15.9 Å². The number of sulfonamides is 1. The van der Waals surface area contributed by atoms with Gasteiger partial charge in [-0.05, 0) is 55.5 Å². The van der Waals surface area contributed by atoms with Gasteiger partial charge >= 0.3 is 0 Å². The number of anilines is 1. The van der Waals surface area contributed by atoms with Crippen molar-refractivity contribution in [1.29, 1.82) is 0 Å². The predicted molar refractivity (Wildman–Crippen MR) is 109 cm³/mol. The molecule has 0 aliphatic heterocycles. The highest BCUT2D eigenvalue weighted by Gasteiger charge is 2.18. The molecule has 1 atom stereocenters. The number of halogens is 1. The Labute approximate surface area is 168 Å². The maximum atomic E-state index is 12.6. The number of aromatic nitrogens is 1. The lowest BCUT2D eigenvalue weighted by Gasteiger charge is -2.14. The fourth-order valence-corrected chi connectivity index (χ4v) is 3.84. The smallest absolute Gasteiger partial charge is 0.261 e. The third kappa shape index (κ3) is 4.88. The average Bonchev–Trinajstić information content (AvgIpc) is 2.68. The molecule has 3 rings (SSSR count). The lowest BCUT2D eigenvalue weighted by molar-refractivity contribution is 0.0939. The van der Waals surface area contributed by atoms with Crippen LogP contribution in [0.5, 0.6) is 0 Å². The van der Waals surface area contributed by atoms with E-state index in [2.05, 4.69) is 15.0 Å². The van der Waals surface area contributed by atoms with E-state index in [1.165, 1.54) is 24.3 Å². The molecule has 144 valence electrons. The van der Waals surface area contributed by atoms with Crippen LogP contribution in [0.3, 0.4) is 0 Å². The van der Waals surface area contributed by atoms with Gasteiger partial charge in [0.05, 0.1) is 22.3 Å². The minimum absolute atomic E-state index is 0.0226. The van der Waals surface area contributed by atoms with E-state index in [4.69, 9.17) is 11.6 Å². The molecule has 6 nitrogen and oxygen atoms in total. The molecule has 0 saturated heterocycles. The molecule has 0 fully saturated rings. The number of hydrogen-bond acceptors (Lipinski definition) is 4. The van der Waals surface area contributed by atoms with Crippen LogP contribution in [0.25, 0.3) is 0 Å². The maximum absolute atomic E-state index is 12.6. The van der Waals surface area contributed by atoms with Gasteiger partial charge in [-0.1, -0.05) is 29.8 Å². The molecule has 0 aliphatic rings. The van der Waals surface area contributed by atoms with Crippen LogP contribution in [0, 0.1) is 0 Å². The largest absolute Gasteiger partial charge is 0.344 e. The summed E-state index contributed by atoms with van der Waals surface area (Å²) >= 11 is 5.89. The van der Waals surface area contributed by atoms with Crippen LogP contribution < -0.4 is 10.0 Å². The van der Waals surface area contributed by atoms with Crippen LogP contribution >= 0.6 is 11.6 Å². The molecule has 3 aromatic rings. The minimum Gasteiger partial charge on any atom is -0.344 e. The molecule has 28 heavy (non-hydrogen) atoms. The van der Waals surface area contributed by atoms with Gasteiger partial charge in [-0.2, -0.15) is 0 Å². The molecule has 2 aromatic carbocycles. The van der Waals surface area contributed by atoms with Crippen LogP contribution in [-0.4, -0.2) is 19.3 Å². The number of carbonyl (C=O) groups excluding carboxylic acids is 1. The Bertz CT molecular complexity index is 1090. The summed E-state index contributed by atoms with van der Waals surface area (Å²) in [5.74, 6) is -0.391. The van der Waals surface area contributed by atoms with E-state index in [1.54, 1.807) is 42.6 Å². The number of nitrogens with zero attached hydrogens (tertiary/aromatic N) is 1. The highest BCUT2D eigenvalue weighted by atomic mass is 35.5. The van der Waals surface area contributed by atoms with Gasteiger partial charge in [0.2, 0.25) is 0 Å². The third-order valence-corrected chi connectivity index (χ3v) is 5.58. The Morgan fingerprint density at radius 3 is 2.54 bits per heavy atom. The van der Waals surface area contributed by atoms with Crippen molar-refractivity contribution in [3.05, 3.63) is 89.2 Å². The number of benzene rings is 2. The van der Waals surface area contributed by atoms with Crippen molar-refractivity contribution < 1.29 is 13.2 Å². The number of carbonyl (C=O) groups is 1. The quantitative estimate of drug-likeness (QED) is 0.636. The van der Waals surface area contributed by atoms with Gasteiger partial charge in [0.25, 0.3) is 15.9 Å². The first kappa shape index (κ1) is 19.9. The Morgan fingerprint density at radius 2 is 1.82 bits per heavy atom. The lowest BCUT2D eigenvalue weighted by Crippen LogP contribution is -2.27. The number of pyridine rings is 1. The van der Waals surface area contributed by atoms with Gasteiger partial charge in [-0.25, -0.2) is 8.42 Å². The van der Waals surface area contributed by atoms with Gasteiger partial charge in [0.1, 0.15) is 0 Å². The Hall–Kier alpha value is -2.90. The molecule has 2 N–H and O–H groups in total.